The maximum atomic E-state index is 2.70. The minimum Gasteiger partial charge on any atom is -1.00 e. The van der Waals surface area contributed by atoms with Gasteiger partial charge in [-0.3, -0.25) is 0 Å². The minimum absolute atomic E-state index is 0. The van der Waals surface area contributed by atoms with Crippen molar-refractivity contribution in [1.82, 2.24) is 0 Å². The van der Waals surface area contributed by atoms with Crippen molar-refractivity contribution < 1.29 is 44.0 Å². The molecule has 2 atom stereocenters. The van der Waals surface area contributed by atoms with Gasteiger partial charge in [0.1, 0.15) is 0 Å². The second-order valence-electron chi connectivity index (χ2n) is 12.1. The Morgan fingerprint density at radius 2 is 1.05 bits per heavy atom. The molecule has 0 radical (unpaired) electrons. The molecule has 5 heteroatoms. The van der Waals surface area contributed by atoms with E-state index in [2.05, 4.69) is 102 Å². The average Bonchev–Trinajstić information content (AvgIpc) is 3.46. The Balaban J connectivity index is 0.00000294. The average molecular weight is 666 g/mol. The van der Waals surface area contributed by atoms with Gasteiger partial charge in [0.2, 0.25) is 0 Å². The Hall–Kier alpha value is 0.0743. The number of fused-ring (bicyclic) bond motifs is 2. The molecule has 2 aliphatic rings. The summed E-state index contributed by atoms with van der Waals surface area (Å²) in [6, 6.07) is 18.9. The van der Waals surface area contributed by atoms with Gasteiger partial charge in [0.05, 0.1) is 0 Å². The van der Waals surface area contributed by atoms with Crippen molar-refractivity contribution in [2.45, 2.75) is 113 Å². The molecule has 2 unspecified atom stereocenters. The van der Waals surface area contributed by atoms with Crippen LogP contribution in [0.2, 0.25) is 0 Å². The Kier molecular flexibility index (Phi) is 17.1. The van der Waals surface area contributed by atoms with Gasteiger partial charge in [0.15, 0.2) is 0 Å². The molecule has 0 heterocycles. The van der Waals surface area contributed by atoms with Crippen LogP contribution in [0.3, 0.4) is 0 Å². The Bertz CT molecular complexity index is 1110. The molecule has 0 aromatic heterocycles. The van der Waals surface area contributed by atoms with E-state index in [9.17, 15) is 0 Å². The molecule has 224 valence electrons. The number of hydrogen-bond donors (Lipinski definition) is 0. The van der Waals surface area contributed by atoms with Crippen LogP contribution in [-0.2, 0) is 19.2 Å². The fraction of sp³-hybridized carbons (Fsp3) is 0.556. The molecule has 0 amide bonds. The molecule has 2 aromatic rings. The van der Waals surface area contributed by atoms with Crippen molar-refractivity contribution in [2.75, 3.05) is 12.3 Å². The standard InChI is InChI=1S/C21H32P.C15H20P.2ClH.Ti/c1-3-5-7-11-15-22(16-12-8-6-4-2)21-17-19-13-9-10-14-20(19)18-21;1-11(2)16(12(3)4)15-9-13-7-5-6-8-14(13)10-15;;;/h9-10,13-14,17-18H,3-8,11-12,15-16H2,1-2H3;5-12H,1-4H3;2*1H;/q;;;;+2/p-2. The zero-order valence-corrected chi connectivity index (χ0v) is 31.2. The normalized spacial score (nSPS) is 17.2. The van der Waals surface area contributed by atoms with E-state index in [1.165, 1.54) is 69.3 Å². The van der Waals surface area contributed by atoms with Crippen molar-refractivity contribution in [3.05, 3.63) is 81.4 Å². The molecule has 0 aliphatic heterocycles. The third-order valence-corrected chi connectivity index (χ3v) is 18.3. The van der Waals surface area contributed by atoms with E-state index >= 15 is 0 Å². The van der Waals surface area contributed by atoms with Crippen LogP contribution in [-0.4, -0.2) is 23.6 Å². The second kappa shape index (κ2) is 18.8. The zero-order chi connectivity index (χ0) is 27.8. The van der Waals surface area contributed by atoms with Gasteiger partial charge in [0, 0.05) is 0 Å². The first-order valence-corrected chi connectivity index (χ1v) is 20.9. The number of unbranched alkanes of at least 4 members (excludes halogenated alkanes) is 6. The summed E-state index contributed by atoms with van der Waals surface area (Å²) in [6.45, 7) is 14.6. The van der Waals surface area contributed by atoms with Gasteiger partial charge >= 0.3 is 254 Å². The summed E-state index contributed by atoms with van der Waals surface area (Å²) < 4.78 is 1.40. The predicted octanol–water partition coefficient (Wildman–Crippen LogP) is 6.21. The van der Waals surface area contributed by atoms with Gasteiger partial charge in [-0.2, -0.15) is 0 Å². The Morgan fingerprint density at radius 3 is 1.51 bits per heavy atom. The van der Waals surface area contributed by atoms with E-state index in [1.807, 2.05) is 10.6 Å². The van der Waals surface area contributed by atoms with Crippen LogP contribution < -0.4 is 24.8 Å². The summed E-state index contributed by atoms with van der Waals surface area (Å²) >= 11 is -0.295. The van der Waals surface area contributed by atoms with Gasteiger partial charge in [-0.05, 0) is 0 Å². The van der Waals surface area contributed by atoms with Crippen LogP contribution in [0.25, 0.3) is 12.2 Å². The fourth-order valence-electron chi connectivity index (χ4n) is 6.65. The van der Waals surface area contributed by atoms with Crippen molar-refractivity contribution in [3.63, 3.8) is 0 Å². The van der Waals surface area contributed by atoms with Crippen molar-refractivity contribution >= 4 is 28.0 Å². The maximum Gasteiger partial charge on any atom is -1.00 e. The van der Waals surface area contributed by atoms with Crippen molar-refractivity contribution in [2.24, 2.45) is 0 Å². The van der Waals surface area contributed by atoms with Crippen molar-refractivity contribution in [3.8, 4) is 0 Å². The van der Waals surface area contributed by atoms with E-state index in [-0.39, 0.29) is 59.8 Å². The summed E-state index contributed by atoms with van der Waals surface area (Å²) in [4.78, 5) is 0. The number of allylic oxidation sites excluding steroid dienone is 2. The molecule has 0 nitrogen and oxygen atoms in total. The summed E-state index contributed by atoms with van der Waals surface area (Å²) in [5, 5.41) is 3.72. The second-order valence-corrected chi connectivity index (χ2v) is 20.3. The largest absolute Gasteiger partial charge is 1.00 e. The minimum atomic E-state index is -0.295. The quantitative estimate of drug-likeness (QED) is 0.114. The van der Waals surface area contributed by atoms with E-state index in [4.69, 9.17) is 0 Å². The molecule has 0 spiro atoms. The summed E-state index contributed by atoms with van der Waals surface area (Å²) in [6.07, 6.45) is 19.4. The van der Waals surface area contributed by atoms with Crippen LogP contribution >= 0.6 is 15.8 Å². The molecule has 0 bridgehead atoms. The summed E-state index contributed by atoms with van der Waals surface area (Å²) in [5.41, 5.74) is 7.88. The molecule has 0 saturated carbocycles. The first-order valence-electron chi connectivity index (χ1n) is 15.9. The number of hydrogen-bond acceptors (Lipinski definition) is 0. The smallest absolute Gasteiger partial charge is 1.00 e. The van der Waals surface area contributed by atoms with Crippen LogP contribution in [0.4, 0.5) is 0 Å². The molecule has 0 N–H and O–H groups in total. The first kappa shape index (κ1) is 37.3. The monoisotopic (exact) mass is 664 g/mol. The van der Waals surface area contributed by atoms with E-state index in [0.717, 1.165) is 11.3 Å². The molecule has 0 saturated heterocycles. The first-order chi connectivity index (χ1) is 19.0. The van der Waals surface area contributed by atoms with E-state index < -0.39 is 0 Å². The van der Waals surface area contributed by atoms with Gasteiger partial charge in [0.25, 0.3) is 0 Å². The third kappa shape index (κ3) is 9.53. The maximum absolute atomic E-state index is 2.70. The number of rotatable bonds is 16. The molecule has 0 fully saturated rings. The number of benzene rings is 2. The molecule has 2 aromatic carbocycles. The van der Waals surface area contributed by atoms with Crippen LogP contribution in [0.15, 0.2) is 59.2 Å². The van der Waals surface area contributed by atoms with Crippen LogP contribution in [0.5, 0.6) is 0 Å². The van der Waals surface area contributed by atoms with E-state index in [1.54, 1.807) is 16.7 Å². The van der Waals surface area contributed by atoms with Gasteiger partial charge < -0.3 is 24.8 Å². The SMILES string of the molecule is CCCCCCP(CCCCCC)C1=Cc2ccccc2[CH]1[Ti+2][CH]1C(P(C(C)C)C(C)C)=Cc2ccccc21.[Cl-].[Cl-]. The molecular weight excluding hydrogens is 613 g/mol. The predicted molar refractivity (Wildman–Crippen MR) is 176 cm³/mol. The Morgan fingerprint density at radius 1 is 0.610 bits per heavy atom. The topological polar surface area (TPSA) is 0 Å². The van der Waals surface area contributed by atoms with Gasteiger partial charge in [-0.1, -0.05) is 0 Å². The van der Waals surface area contributed by atoms with Gasteiger partial charge in [-0.15, -0.1) is 0 Å². The zero-order valence-electron chi connectivity index (χ0n) is 26.3. The Labute approximate surface area is 276 Å². The third-order valence-electron chi connectivity index (χ3n) is 8.48. The van der Waals surface area contributed by atoms with Crippen LogP contribution in [0, 0.1) is 0 Å². The fourth-order valence-corrected chi connectivity index (χ4v) is 17.4. The number of halogens is 2. The molecular formula is C36H52Cl2P2Ti. The molecule has 4 rings (SSSR count). The summed E-state index contributed by atoms with van der Waals surface area (Å²) in [5.74, 6) is 0. The van der Waals surface area contributed by atoms with Crippen molar-refractivity contribution in [1.29, 1.82) is 0 Å². The summed E-state index contributed by atoms with van der Waals surface area (Å²) in [7, 11) is -0.176. The van der Waals surface area contributed by atoms with E-state index in [0.29, 0.717) is 8.45 Å². The molecule has 41 heavy (non-hydrogen) atoms. The van der Waals surface area contributed by atoms with Crippen LogP contribution in [0.1, 0.15) is 124 Å². The van der Waals surface area contributed by atoms with Gasteiger partial charge in [-0.25, -0.2) is 0 Å². The molecule has 2 aliphatic carbocycles.